The van der Waals surface area contributed by atoms with Crippen LogP contribution in [0.1, 0.15) is 22.8 Å². The predicted octanol–water partition coefficient (Wildman–Crippen LogP) is 5.45. The molecule has 0 aliphatic rings. The highest BCUT2D eigenvalue weighted by atomic mass is 16.5. The molecule has 0 spiro atoms. The van der Waals surface area contributed by atoms with Crippen LogP contribution in [-0.2, 0) is 0 Å². The Kier molecular flexibility index (Phi) is 4.81. The van der Waals surface area contributed by atoms with Gasteiger partial charge in [-0.15, -0.1) is 0 Å². The van der Waals surface area contributed by atoms with E-state index in [9.17, 15) is 4.79 Å². The molecule has 0 saturated carbocycles. The van der Waals surface area contributed by atoms with E-state index in [1.165, 1.54) is 5.56 Å². The minimum absolute atomic E-state index is 0.235. The number of aryl methyl sites for hydroxylation is 1. The molecule has 5 nitrogen and oxygen atoms in total. The number of nitrogens with zero attached hydrogens (tertiary/aromatic N) is 1. The van der Waals surface area contributed by atoms with E-state index >= 15 is 0 Å². The van der Waals surface area contributed by atoms with Crippen LogP contribution in [0.3, 0.4) is 0 Å². The van der Waals surface area contributed by atoms with E-state index in [1.807, 2.05) is 62.4 Å². The summed E-state index contributed by atoms with van der Waals surface area (Å²) in [6.07, 6.45) is 0. The number of fused-ring (bicyclic) bond motifs is 1. The molecule has 0 saturated heterocycles. The Hall–Kier alpha value is -3.60. The van der Waals surface area contributed by atoms with Crippen molar-refractivity contribution in [1.82, 2.24) is 4.98 Å². The van der Waals surface area contributed by atoms with Crippen LogP contribution in [0.25, 0.3) is 22.6 Å². The number of rotatable bonds is 5. The van der Waals surface area contributed by atoms with Gasteiger partial charge < -0.3 is 14.5 Å². The van der Waals surface area contributed by atoms with Crippen molar-refractivity contribution in [3.05, 3.63) is 77.9 Å². The number of anilines is 1. The average Bonchev–Trinajstić information content (AvgIpc) is 3.12. The van der Waals surface area contributed by atoms with Crippen molar-refractivity contribution < 1.29 is 13.9 Å². The lowest BCUT2D eigenvalue weighted by molar-refractivity contribution is 0.102. The van der Waals surface area contributed by atoms with Gasteiger partial charge in [-0.3, -0.25) is 4.79 Å². The Morgan fingerprint density at radius 3 is 2.64 bits per heavy atom. The molecule has 0 unspecified atom stereocenters. The summed E-state index contributed by atoms with van der Waals surface area (Å²) < 4.78 is 11.4. The number of hydrogen-bond donors (Lipinski definition) is 1. The van der Waals surface area contributed by atoms with E-state index in [0.717, 1.165) is 11.1 Å². The zero-order valence-corrected chi connectivity index (χ0v) is 15.7. The largest absolute Gasteiger partial charge is 0.493 e. The van der Waals surface area contributed by atoms with E-state index in [-0.39, 0.29) is 5.91 Å². The van der Waals surface area contributed by atoms with Crippen LogP contribution in [0, 0.1) is 6.92 Å². The summed E-state index contributed by atoms with van der Waals surface area (Å²) >= 11 is 0. The van der Waals surface area contributed by atoms with E-state index in [0.29, 0.717) is 35.1 Å². The zero-order chi connectivity index (χ0) is 19.5. The molecule has 0 bridgehead atoms. The number of benzene rings is 3. The second kappa shape index (κ2) is 7.56. The van der Waals surface area contributed by atoms with Gasteiger partial charge in [0, 0.05) is 17.3 Å². The van der Waals surface area contributed by atoms with Crippen molar-refractivity contribution in [3.8, 4) is 17.2 Å². The lowest BCUT2D eigenvalue weighted by Crippen LogP contribution is -2.13. The first-order chi connectivity index (χ1) is 13.6. The summed E-state index contributed by atoms with van der Waals surface area (Å²) in [5, 5.41) is 2.90. The highest BCUT2D eigenvalue weighted by molar-refractivity contribution is 6.06. The maximum atomic E-state index is 12.7. The van der Waals surface area contributed by atoms with Crippen LogP contribution >= 0.6 is 0 Å². The normalized spacial score (nSPS) is 10.8. The first-order valence-electron chi connectivity index (χ1n) is 9.15. The molecule has 5 heteroatoms. The predicted molar refractivity (Wildman–Crippen MR) is 110 cm³/mol. The SMILES string of the molecule is CCOc1ccccc1C(=O)Nc1ccc2nc(-c3ccc(C)cc3)oc2c1. The number of amides is 1. The van der Waals surface area contributed by atoms with E-state index in [1.54, 1.807) is 18.2 Å². The van der Waals surface area contributed by atoms with Gasteiger partial charge in [0.1, 0.15) is 11.3 Å². The lowest BCUT2D eigenvalue weighted by Gasteiger charge is -2.10. The summed E-state index contributed by atoms with van der Waals surface area (Å²) in [6, 6.07) is 20.6. The molecule has 1 heterocycles. The van der Waals surface area contributed by atoms with Gasteiger partial charge in [-0.2, -0.15) is 0 Å². The first kappa shape index (κ1) is 17.8. The zero-order valence-electron chi connectivity index (χ0n) is 15.7. The monoisotopic (exact) mass is 372 g/mol. The standard InChI is InChI=1S/C23H20N2O3/c1-3-27-20-7-5-4-6-18(20)22(26)24-17-12-13-19-21(14-17)28-23(25-19)16-10-8-15(2)9-11-16/h4-14H,3H2,1-2H3,(H,24,26). The fourth-order valence-corrected chi connectivity index (χ4v) is 2.96. The van der Waals surface area contributed by atoms with Crippen LogP contribution in [0.15, 0.2) is 71.1 Å². The molecule has 1 amide bonds. The molecular weight excluding hydrogens is 352 g/mol. The second-order valence-corrected chi connectivity index (χ2v) is 6.45. The van der Waals surface area contributed by atoms with Crippen molar-refractivity contribution in [2.24, 2.45) is 0 Å². The Labute approximate surface area is 163 Å². The number of nitrogens with one attached hydrogen (secondary N) is 1. The first-order valence-corrected chi connectivity index (χ1v) is 9.15. The molecular formula is C23H20N2O3. The topological polar surface area (TPSA) is 64.4 Å². The minimum atomic E-state index is -0.235. The van der Waals surface area contributed by atoms with Gasteiger partial charge in [0.05, 0.1) is 12.2 Å². The molecule has 28 heavy (non-hydrogen) atoms. The van der Waals surface area contributed by atoms with Crippen molar-refractivity contribution in [1.29, 1.82) is 0 Å². The third-order valence-electron chi connectivity index (χ3n) is 4.38. The van der Waals surface area contributed by atoms with Crippen LogP contribution < -0.4 is 10.1 Å². The van der Waals surface area contributed by atoms with Crippen LogP contribution in [-0.4, -0.2) is 17.5 Å². The smallest absolute Gasteiger partial charge is 0.259 e. The van der Waals surface area contributed by atoms with Crippen LogP contribution in [0.4, 0.5) is 5.69 Å². The highest BCUT2D eigenvalue weighted by Crippen LogP contribution is 2.27. The molecule has 4 rings (SSSR count). The summed E-state index contributed by atoms with van der Waals surface area (Å²) in [5.41, 5.74) is 4.57. The minimum Gasteiger partial charge on any atom is -0.493 e. The summed E-state index contributed by atoms with van der Waals surface area (Å²) in [5.74, 6) is 0.881. The number of carbonyl (C=O) groups is 1. The van der Waals surface area contributed by atoms with E-state index in [4.69, 9.17) is 9.15 Å². The van der Waals surface area contributed by atoms with Gasteiger partial charge in [-0.25, -0.2) is 4.98 Å². The average molecular weight is 372 g/mol. The molecule has 0 radical (unpaired) electrons. The molecule has 0 aliphatic heterocycles. The van der Waals surface area contributed by atoms with Gasteiger partial charge in [0.25, 0.3) is 5.91 Å². The van der Waals surface area contributed by atoms with Crippen LogP contribution in [0.5, 0.6) is 5.75 Å². The number of hydrogen-bond acceptors (Lipinski definition) is 4. The quantitative estimate of drug-likeness (QED) is 0.506. The Bertz CT molecular complexity index is 1130. The number of carbonyl (C=O) groups excluding carboxylic acids is 1. The van der Waals surface area contributed by atoms with Crippen molar-refractivity contribution >= 4 is 22.7 Å². The fraction of sp³-hybridized carbons (Fsp3) is 0.130. The van der Waals surface area contributed by atoms with Crippen LogP contribution in [0.2, 0.25) is 0 Å². The number of oxazole rings is 1. The molecule has 140 valence electrons. The van der Waals surface area contributed by atoms with Crippen molar-refractivity contribution in [2.75, 3.05) is 11.9 Å². The van der Waals surface area contributed by atoms with Gasteiger partial charge >= 0.3 is 0 Å². The third-order valence-corrected chi connectivity index (χ3v) is 4.38. The maximum absolute atomic E-state index is 12.7. The Balaban J connectivity index is 1.60. The molecule has 1 N–H and O–H groups in total. The van der Waals surface area contributed by atoms with Gasteiger partial charge in [0.15, 0.2) is 5.58 Å². The fourth-order valence-electron chi connectivity index (χ4n) is 2.96. The molecule has 4 aromatic rings. The molecule has 0 atom stereocenters. The third kappa shape index (κ3) is 3.60. The summed E-state index contributed by atoms with van der Waals surface area (Å²) in [7, 11) is 0. The molecule has 3 aromatic carbocycles. The van der Waals surface area contributed by atoms with Gasteiger partial charge in [-0.1, -0.05) is 29.8 Å². The number of ether oxygens (including phenoxy) is 1. The lowest BCUT2D eigenvalue weighted by atomic mass is 10.1. The Morgan fingerprint density at radius 2 is 1.86 bits per heavy atom. The molecule has 0 fully saturated rings. The van der Waals surface area contributed by atoms with Gasteiger partial charge in [0.2, 0.25) is 5.89 Å². The Morgan fingerprint density at radius 1 is 1.07 bits per heavy atom. The summed E-state index contributed by atoms with van der Waals surface area (Å²) in [6.45, 7) is 4.42. The van der Waals surface area contributed by atoms with E-state index in [2.05, 4.69) is 10.3 Å². The summed E-state index contributed by atoms with van der Waals surface area (Å²) in [4.78, 5) is 17.2. The van der Waals surface area contributed by atoms with Crippen molar-refractivity contribution in [2.45, 2.75) is 13.8 Å². The van der Waals surface area contributed by atoms with E-state index < -0.39 is 0 Å². The number of aromatic nitrogens is 1. The van der Waals surface area contributed by atoms with Crippen molar-refractivity contribution in [3.63, 3.8) is 0 Å². The highest BCUT2D eigenvalue weighted by Gasteiger charge is 2.14. The second-order valence-electron chi connectivity index (χ2n) is 6.45. The molecule has 1 aromatic heterocycles. The number of para-hydroxylation sites is 1. The van der Waals surface area contributed by atoms with Gasteiger partial charge in [-0.05, 0) is 50.2 Å². The molecule has 0 aliphatic carbocycles. The maximum Gasteiger partial charge on any atom is 0.259 e.